The summed E-state index contributed by atoms with van der Waals surface area (Å²) in [5.74, 6) is 1.89. The summed E-state index contributed by atoms with van der Waals surface area (Å²) < 4.78 is 12.7. The molecule has 1 aromatic heterocycles. The molecule has 1 N–H and O–H groups in total. The Bertz CT molecular complexity index is 763. The highest BCUT2D eigenvalue weighted by atomic mass is 16.5. The van der Waals surface area contributed by atoms with Crippen molar-refractivity contribution in [3.05, 3.63) is 42.2 Å². The fourth-order valence-electron chi connectivity index (χ4n) is 2.51. The molecule has 0 atom stereocenters. The third kappa shape index (κ3) is 4.86. The first-order valence-electron chi connectivity index (χ1n) is 8.50. The molecule has 0 radical (unpaired) electrons. The molecule has 1 aliphatic carbocycles. The summed E-state index contributed by atoms with van der Waals surface area (Å²) in [5, 5.41) is 7.09. The van der Waals surface area contributed by atoms with Crippen molar-refractivity contribution in [2.45, 2.75) is 26.3 Å². The molecule has 3 rings (SSSR count). The number of nitrogens with zero attached hydrogens (tertiary/aromatic N) is 2. The zero-order chi connectivity index (χ0) is 17.6. The van der Waals surface area contributed by atoms with Gasteiger partial charge in [0.1, 0.15) is 0 Å². The Kier molecular flexibility index (Phi) is 5.38. The van der Waals surface area contributed by atoms with Gasteiger partial charge in [-0.1, -0.05) is 6.07 Å². The molecule has 1 saturated carbocycles. The fourth-order valence-corrected chi connectivity index (χ4v) is 2.51. The normalized spacial score (nSPS) is 13.8. The number of benzene rings is 1. The largest absolute Gasteiger partial charge is 0.493 e. The second kappa shape index (κ2) is 7.88. The summed E-state index contributed by atoms with van der Waals surface area (Å²) in [6, 6.07) is 5.55. The number of amides is 1. The number of rotatable bonds is 8. The van der Waals surface area contributed by atoms with Crippen molar-refractivity contribution in [1.82, 2.24) is 9.78 Å². The van der Waals surface area contributed by atoms with E-state index in [1.165, 1.54) is 18.9 Å². The summed E-state index contributed by atoms with van der Waals surface area (Å²) in [5.41, 5.74) is 1.57. The quantitative estimate of drug-likeness (QED) is 0.748. The summed E-state index contributed by atoms with van der Waals surface area (Å²) in [6.07, 6.45) is 9.32. The maximum absolute atomic E-state index is 12.1. The Morgan fingerprint density at radius 1 is 1.40 bits per heavy atom. The maximum Gasteiger partial charge on any atom is 0.248 e. The fraction of sp³-hybridized carbons (Fsp3) is 0.368. The highest BCUT2D eigenvalue weighted by molar-refractivity contribution is 6.01. The molecule has 1 fully saturated rings. The second-order valence-electron chi connectivity index (χ2n) is 6.06. The summed E-state index contributed by atoms with van der Waals surface area (Å²) in [4.78, 5) is 12.1. The number of hydrogen-bond acceptors (Lipinski definition) is 4. The van der Waals surface area contributed by atoms with E-state index in [2.05, 4.69) is 10.4 Å². The number of nitrogens with one attached hydrogen (secondary N) is 1. The number of carbonyl (C=O) groups excluding carboxylic acids is 1. The Balaban J connectivity index is 1.58. The van der Waals surface area contributed by atoms with Gasteiger partial charge in [-0.05, 0) is 49.5 Å². The predicted molar refractivity (Wildman–Crippen MR) is 96.8 cm³/mol. The van der Waals surface area contributed by atoms with Crippen molar-refractivity contribution in [2.24, 2.45) is 5.92 Å². The first-order chi connectivity index (χ1) is 12.2. The third-order valence-corrected chi connectivity index (χ3v) is 3.96. The highest BCUT2D eigenvalue weighted by Gasteiger charge is 2.21. The first kappa shape index (κ1) is 17.1. The van der Waals surface area contributed by atoms with Gasteiger partial charge in [-0.3, -0.25) is 9.48 Å². The van der Waals surface area contributed by atoms with Gasteiger partial charge in [-0.2, -0.15) is 5.10 Å². The molecular formula is C19H23N3O3. The minimum Gasteiger partial charge on any atom is -0.493 e. The molecule has 0 unspecified atom stereocenters. The lowest BCUT2D eigenvalue weighted by atomic mass is 10.2. The van der Waals surface area contributed by atoms with E-state index in [-0.39, 0.29) is 5.91 Å². The zero-order valence-corrected chi connectivity index (χ0v) is 14.6. The number of hydrogen-bond donors (Lipinski definition) is 1. The number of carbonyl (C=O) groups is 1. The smallest absolute Gasteiger partial charge is 0.248 e. The van der Waals surface area contributed by atoms with Crippen molar-refractivity contribution < 1.29 is 14.3 Å². The van der Waals surface area contributed by atoms with Crippen LogP contribution in [0.2, 0.25) is 0 Å². The Labute approximate surface area is 147 Å². The molecule has 0 bridgehead atoms. The summed E-state index contributed by atoms with van der Waals surface area (Å²) in [6.45, 7) is 3.42. The summed E-state index contributed by atoms with van der Waals surface area (Å²) in [7, 11) is 1.59. The van der Waals surface area contributed by atoms with Crippen LogP contribution in [0.1, 0.15) is 25.3 Å². The molecule has 0 aliphatic heterocycles. The lowest BCUT2D eigenvalue weighted by molar-refractivity contribution is -0.111. The van der Waals surface area contributed by atoms with Crippen LogP contribution in [0.4, 0.5) is 5.69 Å². The SMILES string of the molecule is CCOc1ccc(/C=C\C(=O)Nc2cnn(CC3CC3)c2)cc1OC. The molecule has 1 aliphatic rings. The van der Waals surface area contributed by atoms with Gasteiger partial charge in [0.2, 0.25) is 5.91 Å². The van der Waals surface area contributed by atoms with Crippen molar-refractivity contribution in [2.75, 3.05) is 19.0 Å². The van der Waals surface area contributed by atoms with Crippen LogP contribution in [0, 0.1) is 5.92 Å². The first-order valence-corrected chi connectivity index (χ1v) is 8.50. The maximum atomic E-state index is 12.1. The van der Waals surface area contributed by atoms with E-state index in [0.29, 0.717) is 23.8 Å². The standard InChI is InChI=1S/C19H23N3O3/c1-3-25-17-8-6-14(10-18(17)24-2)7-9-19(23)21-16-11-20-22(13-16)12-15-4-5-15/h6-11,13,15H,3-5,12H2,1-2H3,(H,21,23)/b9-7-. The van der Waals surface area contributed by atoms with E-state index in [1.807, 2.05) is 36.0 Å². The van der Waals surface area contributed by atoms with Crippen LogP contribution < -0.4 is 14.8 Å². The second-order valence-corrected chi connectivity index (χ2v) is 6.06. The van der Waals surface area contributed by atoms with Crippen LogP contribution in [0.3, 0.4) is 0 Å². The van der Waals surface area contributed by atoms with Gasteiger partial charge in [0, 0.05) is 18.8 Å². The lowest BCUT2D eigenvalue weighted by Crippen LogP contribution is -2.07. The number of anilines is 1. The van der Waals surface area contributed by atoms with E-state index < -0.39 is 0 Å². The highest BCUT2D eigenvalue weighted by Crippen LogP contribution is 2.30. The van der Waals surface area contributed by atoms with E-state index >= 15 is 0 Å². The average molecular weight is 341 g/mol. The third-order valence-electron chi connectivity index (χ3n) is 3.96. The van der Waals surface area contributed by atoms with Gasteiger partial charge in [-0.25, -0.2) is 0 Å². The van der Waals surface area contributed by atoms with Crippen LogP contribution in [0.25, 0.3) is 6.08 Å². The molecule has 6 heteroatoms. The van der Waals surface area contributed by atoms with Gasteiger partial charge < -0.3 is 14.8 Å². The van der Waals surface area contributed by atoms with Crippen LogP contribution in [0.5, 0.6) is 11.5 Å². The van der Waals surface area contributed by atoms with Crippen molar-refractivity contribution in [3.63, 3.8) is 0 Å². The van der Waals surface area contributed by atoms with Crippen LogP contribution >= 0.6 is 0 Å². The molecule has 132 valence electrons. The Hall–Kier alpha value is -2.76. The molecule has 6 nitrogen and oxygen atoms in total. The zero-order valence-electron chi connectivity index (χ0n) is 14.6. The summed E-state index contributed by atoms with van der Waals surface area (Å²) >= 11 is 0. The van der Waals surface area contributed by atoms with Gasteiger partial charge in [-0.15, -0.1) is 0 Å². The average Bonchev–Trinajstić information content (AvgIpc) is 3.32. The van der Waals surface area contributed by atoms with E-state index in [9.17, 15) is 4.79 Å². The number of aromatic nitrogens is 2. The van der Waals surface area contributed by atoms with Crippen LogP contribution in [0.15, 0.2) is 36.7 Å². The predicted octanol–water partition coefficient (Wildman–Crippen LogP) is 3.35. The molecule has 1 heterocycles. The minimum absolute atomic E-state index is 0.196. The molecule has 25 heavy (non-hydrogen) atoms. The number of methoxy groups -OCH3 is 1. The molecule has 0 spiro atoms. The topological polar surface area (TPSA) is 65.4 Å². The van der Waals surface area contributed by atoms with Gasteiger partial charge in [0.25, 0.3) is 0 Å². The molecule has 1 aromatic carbocycles. The van der Waals surface area contributed by atoms with Crippen molar-refractivity contribution in [1.29, 1.82) is 0 Å². The van der Waals surface area contributed by atoms with Crippen molar-refractivity contribution >= 4 is 17.7 Å². The minimum atomic E-state index is -0.196. The van der Waals surface area contributed by atoms with Crippen molar-refractivity contribution in [3.8, 4) is 11.5 Å². The van der Waals surface area contributed by atoms with E-state index in [4.69, 9.17) is 9.47 Å². The molecule has 0 saturated heterocycles. The Morgan fingerprint density at radius 2 is 2.24 bits per heavy atom. The molecular weight excluding hydrogens is 318 g/mol. The van der Waals surface area contributed by atoms with Gasteiger partial charge in [0.05, 0.1) is 25.6 Å². The van der Waals surface area contributed by atoms with Crippen LogP contribution in [-0.2, 0) is 11.3 Å². The van der Waals surface area contributed by atoms with E-state index in [1.54, 1.807) is 19.4 Å². The molecule has 1 amide bonds. The molecule has 2 aromatic rings. The monoisotopic (exact) mass is 341 g/mol. The van der Waals surface area contributed by atoms with E-state index in [0.717, 1.165) is 18.0 Å². The van der Waals surface area contributed by atoms with Crippen LogP contribution in [-0.4, -0.2) is 29.4 Å². The lowest BCUT2D eigenvalue weighted by Gasteiger charge is -2.09. The Morgan fingerprint density at radius 3 is 2.96 bits per heavy atom. The number of ether oxygens (including phenoxy) is 2. The van der Waals surface area contributed by atoms with Gasteiger partial charge >= 0.3 is 0 Å². The van der Waals surface area contributed by atoms with Gasteiger partial charge in [0.15, 0.2) is 11.5 Å².